The molecule has 2 rings (SSSR count). The molecule has 0 heterocycles. The molecular weight excluding hydrogens is 290 g/mol. The lowest BCUT2D eigenvalue weighted by Crippen LogP contribution is -2.17. The van der Waals surface area contributed by atoms with Crippen molar-refractivity contribution in [3.8, 4) is 5.75 Å². The van der Waals surface area contributed by atoms with E-state index in [0.717, 1.165) is 23.2 Å². The highest BCUT2D eigenvalue weighted by Gasteiger charge is 2.09. The van der Waals surface area contributed by atoms with Gasteiger partial charge in [0.2, 0.25) is 5.91 Å². The number of aryl methyl sites for hydroxylation is 1. The van der Waals surface area contributed by atoms with Crippen molar-refractivity contribution in [3.63, 3.8) is 0 Å². The Morgan fingerprint density at radius 2 is 1.96 bits per heavy atom. The van der Waals surface area contributed by atoms with Gasteiger partial charge in [0.25, 0.3) is 0 Å². The fourth-order valence-electron chi connectivity index (χ4n) is 2.25. The van der Waals surface area contributed by atoms with Crippen LogP contribution in [0, 0.1) is 0 Å². The Labute approximate surface area is 136 Å². The molecule has 23 heavy (non-hydrogen) atoms. The third-order valence-electron chi connectivity index (χ3n) is 3.44. The molecule has 0 aromatic heterocycles. The molecule has 0 atom stereocenters. The Hall–Kier alpha value is -2.82. The molecule has 0 fully saturated rings. The molecule has 120 valence electrons. The smallest absolute Gasteiger partial charge is 0.223 e. The van der Waals surface area contributed by atoms with Crippen molar-refractivity contribution in [1.29, 1.82) is 0 Å². The van der Waals surface area contributed by atoms with Gasteiger partial charge < -0.3 is 15.9 Å². The predicted octanol–water partition coefficient (Wildman–Crippen LogP) is 2.95. The van der Waals surface area contributed by atoms with E-state index in [4.69, 9.17) is 10.6 Å². The third-order valence-corrected chi connectivity index (χ3v) is 3.44. The number of hydrogen-bond acceptors (Lipinski definition) is 4. The van der Waals surface area contributed by atoms with Gasteiger partial charge in [0, 0.05) is 12.7 Å². The summed E-state index contributed by atoms with van der Waals surface area (Å²) in [4.78, 5) is 16.8. The van der Waals surface area contributed by atoms with E-state index in [2.05, 4.69) is 17.4 Å². The number of primary amides is 1. The minimum Gasteiger partial charge on any atom is -0.388 e. The molecule has 5 heteroatoms. The number of nitrogens with one attached hydrogen (secondary N) is 1. The highest BCUT2D eigenvalue weighted by Crippen LogP contribution is 2.22. The summed E-state index contributed by atoms with van der Waals surface area (Å²) >= 11 is 0. The van der Waals surface area contributed by atoms with Crippen LogP contribution in [0.4, 0.5) is 5.69 Å². The first-order valence-corrected chi connectivity index (χ1v) is 7.52. The van der Waals surface area contributed by atoms with E-state index in [0.29, 0.717) is 11.5 Å². The highest BCUT2D eigenvalue weighted by molar-refractivity contribution is 6.09. The van der Waals surface area contributed by atoms with Crippen molar-refractivity contribution in [3.05, 3.63) is 59.7 Å². The first-order chi connectivity index (χ1) is 11.1. The van der Waals surface area contributed by atoms with Gasteiger partial charge in [0.05, 0.1) is 12.1 Å². The average molecular weight is 311 g/mol. The van der Waals surface area contributed by atoms with E-state index in [1.165, 1.54) is 0 Å². The van der Waals surface area contributed by atoms with E-state index in [1.807, 2.05) is 55.6 Å². The van der Waals surface area contributed by atoms with Crippen molar-refractivity contribution < 1.29 is 9.63 Å². The molecule has 0 saturated carbocycles. The lowest BCUT2D eigenvalue weighted by atomic mass is 10.1. The molecule has 0 saturated heterocycles. The number of benzene rings is 2. The van der Waals surface area contributed by atoms with Crippen LogP contribution in [0.1, 0.15) is 24.5 Å². The van der Waals surface area contributed by atoms with E-state index in [-0.39, 0.29) is 6.42 Å². The van der Waals surface area contributed by atoms with Gasteiger partial charge in [-0.1, -0.05) is 42.4 Å². The number of nitrogens with zero attached hydrogens (tertiary/aromatic N) is 1. The summed E-state index contributed by atoms with van der Waals surface area (Å²) < 4.78 is 0. The van der Waals surface area contributed by atoms with Crippen LogP contribution in [-0.4, -0.2) is 18.7 Å². The summed E-state index contributed by atoms with van der Waals surface area (Å²) in [6, 6.07) is 15.1. The molecule has 0 aliphatic carbocycles. The van der Waals surface area contributed by atoms with Crippen molar-refractivity contribution in [1.82, 2.24) is 0 Å². The maximum absolute atomic E-state index is 11.3. The fraction of sp³-hybridized carbons (Fsp3) is 0.222. The summed E-state index contributed by atoms with van der Waals surface area (Å²) in [6.45, 7) is 2.08. The number of rotatable bonds is 7. The van der Waals surface area contributed by atoms with Crippen LogP contribution in [0.3, 0.4) is 0 Å². The lowest BCUT2D eigenvalue weighted by molar-refractivity contribution is -0.116. The zero-order valence-electron chi connectivity index (χ0n) is 13.4. The van der Waals surface area contributed by atoms with Gasteiger partial charge in [-0.05, 0) is 35.7 Å². The molecule has 0 radical (unpaired) electrons. The molecule has 3 N–H and O–H groups in total. The largest absolute Gasteiger partial charge is 0.388 e. The highest BCUT2D eigenvalue weighted by atomic mass is 16.6. The van der Waals surface area contributed by atoms with Crippen LogP contribution in [-0.2, 0) is 11.2 Å². The zero-order chi connectivity index (χ0) is 16.7. The normalized spacial score (nSPS) is 11.1. The Balaban J connectivity index is 2.25. The van der Waals surface area contributed by atoms with E-state index in [1.54, 1.807) is 0 Å². The fourth-order valence-corrected chi connectivity index (χ4v) is 2.25. The maximum Gasteiger partial charge on any atom is 0.223 e. The minimum atomic E-state index is -0.448. The van der Waals surface area contributed by atoms with Crippen LogP contribution in [0.25, 0.3) is 0 Å². The molecule has 0 spiro atoms. The van der Waals surface area contributed by atoms with Crippen LogP contribution in [0.2, 0.25) is 0 Å². The topological polar surface area (TPSA) is 76.7 Å². The second-order valence-corrected chi connectivity index (χ2v) is 5.06. The Bertz CT molecular complexity index is 697. The molecule has 2 aromatic carbocycles. The predicted molar refractivity (Wildman–Crippen MR) is 92.8 cm³/mol. The summed E-state index contributed by atoms with van der Waals surface area (Å²) in [5.74, 6) is 0.176. The molecular formula is C18H21N3O2. The van der Waals surface area contributed by atoms with Crippen molar-refractivity contribution in [2.75, 3.05) is 12.4 Å². The standard InChI is InChI=1S/C18H21N3O2/c1-3-13-11-15(9-10-16(13)20-2)23-21-17(12-18(19)22)14-7-5-4-6-8-14/h4-11,20H,3,12H2,1-2H3,(H2,19,22)/b21-17+. The Morgan fingerprint density at radius 1 is 1.22 bits per heavy atom. The van der Waals surface area contributed by atoms with E-state index >= 15 is 0 Å². The number of amides is 1. The maximum atomic E-state index is 11.3. The van der Waals surface area contributed by atoms with Gasteiger partial charge in [-0.25, -0.2) is 0 Å². The first kappa shape index (κ1) is 16.5. The lowest BCUT2D eigenvalue weighted by Gasteiger charge is -2.09. The monoisotopic (exact) mass is 311 g/mol. The quantitative estimate of drug-likeness (QED) is 0.609. The number of anilines is 1. The summed E-state index contributed by atoms with van der Waals surface area (Å²) in [5.41, 5.74) is 8.82. The van der Waals surface area contributed by atoms with Gasteiger partial charge in [0.15, 0.2) is 5.75 Å². The molecule has 0 bridgehead atoms. The number of nitrogens with two attached hydrogens (primary N) is 1. The van der Waals surface area contributed by atoms with E-state index < -0.39 is 5.91 Å². The summed E-state index contributed by atoms with van der Waals surface area (Å²) in [6.07, 6.45) is 0.906. The van der Waals surface area contributed by atoms with E-state index in [9.17, 15) is 4.79 Å². The van der Waals surface area contributed by atoms with Crippen LogP contribution < -0.4 is 15.9 Å². The minimum absolute atomic E-state index is 0.0270. The third kappa shape index (κ3) is 4.57. The van der Waals surface area contributed by atoms with Gasteiger partial charge in [0.1, 0.15) is 0 Å². The molecule has 0 aliphatic heterocycles. The summed E-state index contributed by atoms with van der Waals surface area (Å²) in [7, 11) is 1.88. The van der Waals surface area contributed by atoms with Crippen molar-refractivity contribution in [2.24, 2.45) is 10.9 Å². The number of oxime groups is 1. The van der Waals surface area contributed by atoms with Gasteiger partial charge >= 0.3 is 0 Å². The molecule has 0 unspecified atom stereocenters. The number of carbonyl (C=O) groups is 1. The summed E-state index contributed by atoms with van der Waals surface area (Å²) in [5, 5.41) is 7.27. The van der Waals surface area contributed by atoms with Crippen LogP contribution in [0.5, 0.6) is 5.75 Å². The SMILES string of the molecule is CCc1cc(O/N=C(\CC(N)=O)c2ccccc2)ccc1NC. The Kier molecular flexibility index (Phi) is 5.74. The number of carbonyl (C=O) groups excluding carboxylic acids is 1. The van der Waals surface area contributed by atoms with Crippen LogP contribution >= 0.6 is 0 Å². The van der Waals surface area contributed by atoms with Gasteiger partial charge in [-0.15, -0.1) is 0 Å². The van der Waals surface area contributed by atoms with Gasteiger partial charge in [-0.2, -0.15) is 0 Å². The van der Waals surface area contributed by atoms with Gasteiger partial charge in [-0.3, -0.25) is 4.79 Å². The second kappa shape index (κ2) is 7.98. The first-order valence-electron chi connectivity index (χ1n) is 7.52. The second-order valence-electron chi connectivity index (χ2n) is 5.06. The molecule has 1 amide bonds. The Morgan fingerprint density at radius 3 is 2.57 bits per heavy atom. The van der Waals surface area contributed by atoms with Crippen LogP contribution in [0.15, 0.2) is 53.7 Å². The number of hydrogen-bond donors (Lipinski definition) is 2. The molecule has 2 aromatic rings. The zero-order valence-corrected chi connectivity index (χ0v) is 13.4. The van der Waals surface area contributed by atoms with Crippen molar-refractivity contribution in [2.45, 2.75) is 19.8 Å². The average Bonchev–Trinajstić information content (AvgIpc) is 2.58. The molecule has 5 nitrogen and oxygen atoms in total. The van der Waals surface area contributed by atoms with Crippen molar-refractivity contribution >= 4 is 17.3 Å². The molecule has 0 aliphatic rings.